The van der Waals surface area contributed by atoms with Gasteiger partial charge in [-0.15, -0.1) is 11.3 Å². The summed E-state index contributed by atoms with van der Waals surface area (Å²) in [5.41, 5.74) is 0.731. The molecular formula is C17H14ClNO3S. The van der Waals surface area contributed by atoms with Crippen LogP contribution in [0.2, 0.25) is 0 Å². The highest BCUT2D eigenvalue weighted by Gasteiger charge is 2.39. The van der Waals surface area contributed by atoms with Crippen LogP contribution in [0.1, 0.15) is 18.7 Å². The van der Waals surface area contributed by atoms with Crippen molar-refractivity contribution in [3.63, 3.8) is 0 Å². The lowest BCUT2D eigenvalue weighted by atomic mass is 10.2. The first-order valence-corrected chi connectivity index (χ1v) is 8.34. The van der Waals surface area contributed by atoms with Crippen LogP contribution >= 0.6 is 22.9 Å². The van der Waals surface area contributed by atoms with Crippen LogP contribution in [-0.2, 0) is 9.59 Å². The van der Waals surface area contributed by atoms with Gasteiger partial charge in [0.1, 0.15) is 10.8 Å². The van der Waals surface area contributed by atoms with E-state index < -0.39 is 11.8 Å². The van der Waals surface area contributed by atoms with Crippen LogP contribution in [0.4, 0.5) is 5.69 Å². The number of halogens is 1. The summed E-state index contributed by atoms with van der Waals surface area (Å²) in [6, 6.07) is 10.4. The van der Waals surface area contributed by atoms with E-state index in [1.807, 2.05) is 25.3 Å². The highest BCUT2D eigenvalue weighted by Crippen LogP contribution is 2.36. The maximum Gasteiger partial charge on any atom is 0.277 e. The van der Waals surface area contributed by atoms with Crippen molar-refractivity contribution in [3.8, 4) is 5.75 Å². The van der Waals surface area contributed by atoms with E-state index in [-0.39, 0.29) is 16.7 Å². The monoisotopic (exact) mass is 347 g/mol. The standard InChI is InChI=1S/C17H14ClNO3S/c1-10(2)22-12-7-5-11(6-8-12)19-16(20)14(15(18)17(19)21)13-4-3-9-23-13/h3-10H,1-2H3. The van der Waals surface area contributed by atoms with Gasteiger partial charge in [0.15, 0.2) is 0 Å². The van der Waals surface area contributed by atoms with Gasteiger partial charge in [-0.05, 0) is 49.6 Å². The van der Waals surface area contributed by atoms with E-state index in [4.69, 9.17) is 16.3 Å². The van der Waals surface area contributed by atoms with Gasteiger partial charge in [0, 0.05) is 4.88 Å². The van der Waals surface area contributed by atoms with Gasteiger partial charge in [-0.2, -0.15) is 0 Å². The second-order valence-corrected chi connectivity index (χ2v) is 6.60. The minimum atomic E-state index is -0.502. The Bertz CT molecular complexity index is 779. The summed E-state index contributed by atoms with van der Waals surface area (Å²) in [5, 5.41) is 1.80. The summed E-state index contributed by atoms with van der Waals surface area (Å²) >= 11 is 7.48. The molecule has 0 saturated carbocycles. The van der Waals surface area contributed by atoms with E-state index in [0.29, 0.717) is 16.3 Å². The molecule has 0 saturated heterocycles. The summed E-state index contributed by atoms with van der Waals surface area (Å²) in [5.74, 6) is -0.224. The lowest BCUT2D eigenvalue weighted by Gasteiger charge is -2.16. The number of thiophene rings is 1. The highest BCUT2D eigenvalue weighted by atomic mass is 35.5. The number of nitrogens with zero attached hydrogens (tertiary/aromatic N) is 1. The third kappa shape index (κ3) is 2.90. The molecular weight excluding hydrogens is 334 g/mol. The van der Waals surface area contributed by atoms with Crippen LogP contribution in [0, 0.1) is 0 Å². The van der Waals surface area contributed by atoms with Gasteiger partial charge >= 0.3 is 0 Å². The smallest absolute Gasteiger partial charge is 0.277 e. The third-order valence-corrected chi connectivity index (χ3v) is 4.50. The summed E-state index contributed by atoms with van der Waals surface area (Å²) < 4.78 is 5.56. The predicted octanol–water partition coefficient (Wildman–Crippen LogP) is 4.06. The van der Waals surface area contributed by atoms with E-state index in [1.54, 1.807) is 30.3 Å². The molecule has 0 radical (unpaired) electrons. The van der Waals surface area contributed by atoms with Gasteiger partial charge < -0.3 is 4.74 Å². The fraction of sp³-hybridized carbons (Fsp3) is 0.176. The first-order valence-electron chi connectivity index (χ1n) is 7.08. The van der Waals surface area contributed by atoms with Gasteiger partial charge in [0.05, 0.1) is 17.4 Å². The van der Waals surface area contributed by atoms with Crippen molar-refractivity contribution in [2.45, 2.75) is 20.0 Å². The maximum absolute atomic E-state index is 12.6. The van der Waals surface area contributed by atoms with Gasteiger partial charge in [0.25, 0.3) is 11.8 Å². The van der Waals surface area contributed by atoms with E-state index in [0.717, 1.165) is 4.90 Å². The molecule has 6 heteroatoms. The third-order valence-electron chi connectivity index (χ3n) is 3.26. The number of amides is 2. The van der Waals surface area contributed by atoms with Gasteiger partial charge in [0.2, 0.25) is 0 Å². The molecule has 1 aliphatic heterocycles. The second kappa shape index (κ2) is 6.18. The molecule has 1 aromatic heterocycles. The molecule has 0 aliphatic carbocycles. The molecule has 3 rings (SSSR count). The van der Waals surface area contributed by atoms with Crippen LogP contribution in [-0.4, -0.2) is 17.9 Å². The number of imide groups is 1. The Morgan fingerprint density at radius 2 is 1.78 bits per heavy atom. The summed E-state index contributed by atoms with van der Waals surface area (Å²) in [7, 11) is 0. The van der Waals surface area contributed by atoms with E-state index in [2.05, 4.69) is 0 Å². The average molecular weight is 348 g/mol. The van der Waals surface area contributed by atoms with Crippen LogP contribution in [0.15, 0.2) is 46.8 Å². The van der Waals surface area contributed by atoms with Crippen molar-refractivity contribution >= 4 is 46.0 Å². The zero-order chi connectivity index (χ0) is 16.6. The predicted molar refractivity (Wildman–Crippen MR) is 91.8 cm³/mol. The topological polar surface area (TPSA) is 46.6 Å². The van der Waals surface area contributed by atoms with Crippen molar-refractivity contribution in [3.05, 3.63) is 51.7 Å². The number of rotatable bonds is 4. The molecule has 0 fully saturated rings. The van der Waals surface area contributed by atoms with Crippen LogP contribution in [0.25, 0.3) is 5.57 Å². The molecule has 0 spiro atoms. The minimum Gasteiger partial charge on any atom is -0.491 e. The molecule has 1 aliphatic rings. The molecule has 0 atom stereocenters. The average Bonchev–Trinajstić information content (AvgIpc) is 3.09. The van der Waals surface area contributed by atoms with Crippen molar-refractivity contribution in [2.75, 3.05) is 4.90 Å². The summed E-state index contributed by atoms with van der Waals surface area (Å²) in [4.78, 5) is 26.8. The number of hydrogen-bond acceptors (Lipinski definition) is 4. The lowest BCUT2D eigenvalue weighted by molar-refractivity contribution is -0.119. The zero-order valence-corrected chi connectivity index (χ0v) is 14.1. The number of carbonyl (C=O) groups excluding carboxylic acids is 2. The van der Waals surface area contributed by atoms with E-state index in [9.17, 15) is 9.59 Å². The van der Waals surface area contributed by atoms with E-state index in [1.165, 1.54) is 11.3 Å². The van der Waals surface area contributed by atoms with Crippen molar-refractivity contribution in [1.82, 2.24) is 0 Å². The first kappa shape index (κ1) is 15.8. The zero-order valence-electron chi connectivity index (χ0n) is 12.6. The molecule has 23 heavy (non-hydrogen) atoms. The first-order chi connectivity index (χ1) is 11.0. The number of hydrogen-bond donors (Lipinski definition) is 0. The molecule has 1 aromatic carbocycles. The molecule has 2 amide bonds. The van der Waals surface area contributed by atoms with Crippen LogP contribution in [0.3, 0.4) is 0 Å². The van der Waals surface area contributed by atoms with Crippen molar-refractivity contribution < 1.29 is 14.3 Å². The largest absolute Gasteiger partial charge is 0.491 e. The van der Waals surface area contributed by atoms with E-state index >= 15 is 0 Å². The maximum atomic E-state index is 12.6. The molecule has 0 bridgehead atoms. The second-order valence-electron chi connectivity index (χ2n) is 5.27. The summed E-state index contributed by atoms with van der Waals surface area (Å²) in [6.45, 7) is 3.86. The Hall–Kier alpha value is -2.11. The Morgan fingerprint density at radius 3 is 2.35 bits per heavy atom. The number of carbonyl (C=O) groups is 2. The molecule has 4 nitrogen and oxygen atoms in total. The lowest BCUT2D eigenvalue weighted by Crippen LogP contribution is -2.31. The summed E-state index contributed by atoms with van der Waals surface area (Å²) in [6.07, 6.45) is 0.0532. The van der Waals surface area contributed by atoms with Gasteiger partial charge in [-0.3, -0.25) is 9.59 Å². The van der Waals surface area contributed by atoms with Crippen molar-refractivity contribution in [1.29, 1.82) is 0 Å². The number of ether oxygens (including phenoxy) is 1. The Balaban J connectivity index is 1.90. The molecule has 0 N–H and O–H groups in total. The normalized spacial score (nSPS) is 15.0. The van der Waals surface area contributed by atoms with Crippen molar-refractivity contribution in [2.24, 2.45) is 0 Å². The molecule has 2 aromatic rings. The Labute approximate surface area is 142 Å². The SMILES string of the molecule is CC(C)Oc1ccc(N2C(=O)C(Cl)=C(c3cccs3)C2=O)cc1. The van der Waals surface area contributed by atoms with Crippen LogP contribution in [0.5, 0.6) is 5.75 Å². The minimum absolute atomic E-state index is 0.0417. The van der Waals surface area contributed by atoms with Gasteiger partial charge in [-0.1, -0.05) is 17.7 Å². The molecule has 0 unspecified atom stereocenters. The van der Waals surface area contributed by atoms with Crippen LogP contribution < -0.4 is 9.64 Å². The highest BCUT2D eigenvalue weighted by molar-refractivity contribution is 7.11. The fourth-order valence-corrected chi connectivity index (χ4v) is 3.41. The quantitative estimate of drug-likeness (QED) is 0.783. The number of anilines is 1. The fourth-order valence-electron chi connectivity index (χ4n) is 2.32. The van der Waals surface area contributed by atoms with Gasteiger partial charge in [-0.25, -0.2) is 4.90 Å². The molecule has 118 valence electrons. The number of benzene rings is 1. The Morgan fingerprint density at radius 1 is 1.09 bits per heavy atom. The molecule has 2 heterocycles. The Kier molecular flexibility index (Phi) is 4.24.